The number of ether oxygens (including phenoxy) is 2. The molecule has 2 rings (SSSR count). The Bertz CT molecular complexity index is 368. The summed E-state index contributed by atoms with van der Waals surface area (Å²) in [5.74, 6) is 3.31. The largest absolute Gasteiger partial charge is 0.508 e. The molecule has 0 saturated heterocycles. The summed E-state index contributed by atoms with van der Waals surface area (Å²) in [5.41, 5.74) is 0. The van der Waals surface area contributed by atoms with Crippen LogP contribution < -0.4 is 0 Å². The molecule has 3 nitrogen and oxygen atoms in total. The average molecular weight is 339 g/mol. The molecule has 0 N–H and O–H groups in total. The van der Waals surface area contributed by atoms with Gasteiger partial charge in [0.15, 0.2) is 0 Å². The fourth-order valence-electron chi connectivity index (χ4n) is 4.78. The Morgan fingerprint density at radius 3 is 1.46 bits per heavy atom. The zero-order valence-corrected chi connectivity index (χ0v) is 16.6. The molecule has 0 radical (unpaired) electrons. The lowest BCUT2D eigenvalue weighted by Gasteiger charge is -2.38. The molecule has 0 aliphatic heterocycles. The Morgan fingerprint density at radius 1 is 0.750 bits per heavy atom. The second-order valence-corrected chi connectivity index (χ2v) is 9.21. The molecule has 2 aliphatic carbocycles. The van der Waals surface area contributed by atoms with Crippen LogP contribution in [0.5, 0.6) is 0 Å². The van der Waals surface area contributed by atoms with E-state index < -0.39 is 6.16 Å². The fraction of sp³-hybridized carbons (Fsp3) is 0.952. The highest BCUT2D eigenvalue weighted by Gasteiger charge is 2.37. The van der Waals surface area contributed by atoms with E-state index in [2.05, 4.69) is 41.5 Å². The van der Waals surface area contributed by atoms with Crippen LogP contribution >= 0.6 is 0 Å². The minimum Gasteiger partial charge on any atom is -0.431 e. The van der Waals surface area contributed by atoms with Crippen molar-refractivity contribution in [1.82, 2.24) is 0 Å². The number of hydrogen-bond donors (Lipinski definition) is 0. The van der Waals surface area contributed by atoms with Crippen molar-refractivity contribution in [2.45, 2.75) is 92.3 Å². The van der Waals surface area contributed by atoms with Gasteiger partial charge < -0.3 is 9.47 Å². The third kappa shape index (κ3) is 5.13. The maximum Gasteiger partial charge on any atom is 0.508 e. The molecule has 0 heterocycles. The Morgan fingerprint density at radius 2 is 1.12 bits per heavy atom. The summed E-state index contributed by atoms with van der Waals surface area (Å²) < 4.78 is 11.7. The van der Waals surface area contributed by atoms with E-state index in [0.29, 0.717) is 35.5 Å². The van der Waals surface area contributed by atoms with E-state index in [4.69, 9.17) is 9.47 Å². The SMILES string of the molecule is CC(C)[C@@H]1CC[C@@H](C)CC1OC(=O)OC1C[C@H](C)CC[C@H]1C(C)C. The van der Waals surface area contributed by atoms with Gasteiger partial charge in [-0.15, -0.1) is 0 Å². The Labute approximate surface area is 148 Å². The highest BCUT2D eigenvalue weighted by molar-refractivity contribution is 5.60. The molecule has 0 aromatic carbocycles. The van der Waals surface area contributed by atoms with E-state index in [9.17, 15) is 4.79 Å². The van der Waals surface area contributed by atoms with Gasteiger partial charge in [0.1, 0.15) is 12.2 Å². The lowest BCUT2D eigenvalue weighted by Crippen LogP contribution is -2.39. The van der Waals surface area contributed by atoms with Gasteiger partial charge in [-0.05, 0) is 61.2 Å². The van der Waals surface area contributed by atoms with Crippen molar-refractivity contribution in [3.05, 3.63) is 0 Å². The molecule has 2 saturated carbocycles. The quantitative estimate of drug-likeness (QED) is 0.584. The molecule has 24 heavy (non-hydrogen) atoms. The van der Waals surface area contributed by atoms with Crippen molar-refractivity contribution in [3.63, 3.8) is 0 Å². The van der Waals surface area contributed by atoms with Crippen molar-refractivity contribution in [2.75, 3.05) is 0 Å². The summed E-state index contributed by atoms with van der Waals surface area (Å²) in [6.45, 7) is 13.5. The highest BCUT2D eigenvalue weighted by Crippen LogP contribution is 2.37. The van der Waals surface area contributed by atoms with E-state index in [1.807, 2.05) is 0 Å². The zero-order valence-electron chi connectivity index (χ0n) is 16.6. The smallest absolute Gasteiger partial charge is 0.431 e. The van der Waals surface area contributed by atoms with Crippen LogP contribution in [0.15, 0.2) is 0 Å². The van der Waals surface area contributed by atoms with Crippen LogP contribution in [0.2, 0.25) is 0 Å². The predicted octanol–water partition coefficient (Wildman–Crippen LogP) is 6.06. The van der Waals surface area contributed by atoms with Gasteiger partial charge in [0.25, 0.3) is 0 Å². The summed E-state index contributed by atoms with van der Waals surface area (Å²) in [6, 6.07) is 0. The van der Waals surface area contributed by atoms with E-state index in [1.54, 1.807) is 0 Å². The standard InChI is InChI=1S/C21H38O3/c1-13(2)17-9-7-15(5)11-19(17)23-21(22)24-20-12-16(6)8-10-18(20)14(3)4/h13-20H,7-12H2,1-6H3/t15-,16-,17+,18+,19?,20?/m1/s1. The molecule has 3 heteroatoms. The van der Waals surface area contributed by atoms with Crippen LogP contribution in [0.25, 0.3) is 0 Å². The maximum absolute atomic E-state index is 12.5. The first-order valence-electron chi connectivity index (χ1n) is 10.1. The van der Waals surface area contributed by atoms with Gasteiger partial charge in [0, 0.05) is 0 Å². The third-order valence-corrected chi connectivity index (χ3v) is 6.42. The van der Waals surface area contributed by atoms with E-state index in [0.717, 1.165) is 25.7 Å². The van der Waals surface area contributed by atoms with Crippen LogP contribution in [0.4, 0.5) is 4.79 Å². The molecule has 0 amide bonds. The molecule has 2 unspecified atom stereocenters. The van der Waals surface area contributed by atoms with Crippen molar-refractivity contribution in [2.24, 2.45) is 35.5 Å². The van der Waals surface area contributed by atoms with Crippen LogP contribution in [0.3, 0.4) is 0 Å². The molecule has 0 aromatic rings. The Hall–Kier alpha value is -0.730. The molecule has 6 atom stereocenters. The molecule has 140 valence electrons. The molecule has 0 bridgehead atoms. The summed E-state index contributed by atoms with van der Waals surface area (Å²) in [5, 5.41) is 0. The first-order chi connectivity index (χ1) is 11.3. The summed E-state index contributed by atoms with van der Waals surface area (Å²) >= 11 is 0. The van der Waals surface area contributed by atoms with Gasteiger partial charge in [-0.3, -0.25) is 0 Å². The Balaban J connectivity index is 1.94. The van der Waals surface area contributed by atoms with Crippen molar-refractivity contribution < 1.29 is 14.3 Å². The second kappa shape index (κ2) is 8.58. The normalized spacial score (nSPS) is 37.5. The zero-order chi connectivity index (χ0) is 17.9. The maximum atomic E-state index is 12.5. The highest BCUT2D eigenvalue weighted by atomic mass is 16.7. The van der Waals surface area contributed by atoms with E-state index in [1.165, 1.54) is 12.8 Å². The van der Waals surface area contributed by atoms with Crippen LogP contribution in [0, 0.1) is 35.5 Å². The van der Waals surface area contributed by atoms with Gasteiger partial charge >= 0.3 is 6.16 Å². The predicted molar refractivity (Wildman–Crippen MR) is 97.8 cm³/mol. The third-order valence-electron chi connectivity index (χ3n) is 6.42. The first-order valence-corrected chi connectivity index (χ1v) is 10.1. The number of hydrogen-bond acceptors (Lipinski definition) is 3. The lowest BCUT2D eigenvalue weighted by atomic mass is 9.75. The summed E-state index contributed by atoms with van der Waals surface area (Å²) in [6.07, 6.45) is 6.39. The van der Waals surface area contributed by atoms with Gasteiger partial charge in [-0.2, -0.15) is 0 Å². The fourth-order valence-corrected chi connectivity index (χ4v) is 4.78. The topological polar surface area (TPSA) is 35.5 Å². The molecule has 0 aromatic heterocycles. The molecule has 2 fully saturated rings. The second-order valence-electron chi connectivity index (χ2n) is 9.21. The molecular weight excluding hydrogens is 300 g/mol. The number of rotatable bonds is 4. The van der Waals surface area contributed by atoms with Gasteiger partial charge in [0.05, 0.1) is 0 Å². The van der Waals surface area contributed by atoms with Gasteiger partial charge in [-0.1, -0.05) is 54.4 Å². The van der Waals surface area contributed by atoms with Crippen molar-refractivity contribution in [3.8, 4) is 0 Å². The molecule has 0 spiro atoms. The first kappa shape index (κ1) is 19.6. The van der Waals surface area contributed by atoms with Crippen molar-refractivity contribution >= 4 is 6.16 Å². The summed E-state index contributed by atoms with van der Waals surface area (Å²) in [7, 11) is 0. The lowest BCUT2D eigenvalue weighted by molar-refractivity contribution is -0.0697. The van der Waals surface area contributed by atoms with Crippen LogP contribution in [0.1, 0.15) is 80.1 Å². The van der Waals surface area contributed by atoms with E-state index >= 15 is 0 Å². The summed E-state index contributed by atoms with van der Waals surface area (Å²) in [4.78, 5) is 12.5. The minimum atomic E-state index is -0.426. The number of carbonyl (C=O) groups is 1. The van der Waals surface area contributed by atoms with Crippen LogP contribution in [-0.4, -0.2) is 18.4 Å². The van der Waals surface area contributed by atoms with Gasteiger partial charge in [0.2, 0.25) is 0 Å². The Kier molecular flexibility index (Phi) is 7.00. The minimum absolute atomic E-state index is 0.0276. The van der Waals surface area contributed by atoms with Crippen molar-refractivity contribution in [1.29, 1.82) is 0 Å². The van der Waals surface area contributed by atoms with E-state index in [-0.39, 0.29) is 12.2 Å². The molecule has 2 aliphatic rings. The van der Waals surface area contributed by atoms with Gasteiger partial charge in [-0.25, -0.2) is 4.79 Å². The van der Waals surface area contributed by atoms with Crippen LogP contribution in [-0.2, 0) is 9.47 Å². The average Bonchev–Trinajstić information content (AvgIpc) is 2.46. The molecular formula is C21H38O3. The monoisotopic (exact) mass is 338 g/mol. The number of carbonyl (C=O) groups excluding carboxylic acids is 1.